The van der Waals surface area contributed by atoms with Gasteiger partial charge < -0.3 is 0 Å². The normalized spacial score (nSPS) is 19.2. The van der Waals surface area contributed by atoms with E-state index in [2.05, 4.69) is 22.9 Å². The molecule has 0 spiro atoms. The summed E-state index contributed by atoms with van der Waals surface area (Å²) in [6.07, 6.45) is 2.23. The number of rotatable bonds is 1. The van der Waals surface area contributed by atoms with Crippen LogP contribution in [-0.4, -0.2) is 0 Å². The smallest absolute Gasteiger partial charge is 0.128 e. The second-order valence-corrected chi connectivity index (χ2v) is 4.60. The van der Waals surface area contributed by atoms with Crippen molar-refractivity contribution in [2.45, 2.75) is 25.2 Å². The first-order valence-corrected chi connectivity index (χ1v) is 4.87. The van der Waals surface area contributed by atoms with Gasteiger partial charge in [-0.25, -0.2) is 4.39 Å². The standard InChI is InChI=1S/C10H10BrF/c1-10(4-5-10)8-3-2-7(11)6-9(8)12/h2-3,6H,4-5H2,1H3. The van der Waals surface area contributed by atoms with E-state index in [1.54, 1.807) is 6.07 Å². The van der Waals surface area contributed by atoms with Crippen molar-refractivity contribution in [1.29, 1.82) is 0 Å². The van der Waals surface area contributed by atoms with Crippen molar-refractivity contribution >= 4 is 15.9 Å². The van der Waals surface area contributed by atoms with Crippen molar-refractivity contribution in [3.8, 4) is 0 Å². The first-order chi connectivity index (χ1) is 5.62. The molecule has 2 heteroatoms. The van der Waals surface area contributed by atoms with Crippen molar-refractivity contribution in [3.05, 3.63) is 34.1 Å². The molecule has 1 aliphatic carbocycles. The molecule has 0 unspecified atom stereocenters. The fourth-order valence-corrected chi connectivity index (χ4v) is 1.77. The van der Waals surface area contributed by atoms with E-state index in [0.29, 0.717) is 0 Å². The van der Waals surface area contributed by atoms with Crippen molar-refractivity contribution in [2.75, 3.05) is 0 Å². The van der Waals surface area contributed by atoms with Crippen LogP contribution in [0.1, 0.15) is 25.3 Å². The second kappa shape index (κ2) is 2.56. The van der Waals surface area contributed by atoms with Gasteiger partial charge in [0.05, 0.1) is 0 Å². The van der Waals surface area contributed by atoms with E-state index in [9.17, 15) is 4.39 Å². The van der Waals surface area contributed by atoms with Crippen LogP contribution in [0.25, 0.3) is 0 Å². The second-order valence-electron chi connectivity index (χ2n) is 3.68. The van der Waals surface area contributed by atoms with Gasteiger partial charge in [0.2, 0.25) is 0 Å². The molecule has 0 aliphatic heterocycles. The molecule has 0 heterocycles. The van der Waals surface area contributed by atoms with E-state index in [-0.39, 0.29) is 11.2 Å². The summed E-state index contributed by atoms with van der Waals surface area (Å²) in [4.78, 5) is 0. The summed E-state index contributed by atoms with van der Waals surface area (Å²) in [5.74, 6) is -0.0793. The SMILES string of the molecule is CC1(c2ccc(Br)cc2F)CC1. The van der Waals surface area contributed by atoms with Gasteiger partial charge in [-0.2, -0.15) is 0 Å². The van der Waals surface area contributed by atoms with Gasteiger partial charge in [-0.15, -0.1) is 0 Å². The molecule has 64 valence electrons. The molecular formula is C10H10BrF. The van der Waals surface area contributed by atoms with Crippen LogP contribution in [0.2, 0.25) is 0 Å². The van der Waals surface area contributed by atoms with E-state index in [4.69, 9.17) is 0 Å². The first-order valence-electron chi connectivity index (χ1n) is 4.07. The third kappa shape index (κ3) is 1.28. The Kier molecular flexibility index (Phi) is 1.76. The molecule has 1 saturated carbocycles. The molecule has 0 atom stereocenters. The number of halogens is 2. The van der Waals surface area contributed by atoms with Crippen molar-refractivity contribution in [2.24, 2.45) is 0 Å². The third-order valence-corrected chi connectivity index (χ3v) is 3.07. The lowest BCUT2D eigenvalue weighted by Crippen LogP contribution is -2.02. The van der Waals surface area contributed by atoms with E-state index in [0.717, 1.165) is 22.9 Å². The minimum absolute atomic E-state index is 0.0793. The Hall–Kier alpha value is -0.370. The predicted molar refractivity (Wildman–Crippen MR) is 50.7 cm³/mol. The zero-order valence-electron chi connectivity index (χ0n) is 6.90. The maximum absolute atomic E-state index is 13.4. The lowest BCUT2D eigenvalue weighted by molar-refractivity contribution is 0.585. The Balaban J connectivity index is 2.45. The van der Waals surface area contributed by atoms with E-state index in [1.165, 1.54) is 0 Å². The fraction of sp³-hybridized carbons (Fsp3) is 0.400. The van der Waals surface area contributed by atoms with Gasteiger partial charge in [0.15, 0.2) is 0 Å². The van der Waals surface area contributed by atoms with Gasteiger partial charge in [0.1, 0.15) is 5.82 Å². The van der Waals surface area contributed by atoms with Crippen molar-refractivity contribution in [1.82, 2.24) is 0 Å². The lowest BCUT2D eigenvalue weighted by atomic mass is 9.98. The lowest BCUT2D eigenvalue weighted by Gasteiger charge is -2.09. The number of benzene rings is 1. The fourth-order valence-electron chi connectivity index (χ4n) is 1.44. The van der Waals surface area contributed by atoms with Crippen LogP contribution in [0.5, 0.6) is 0 Å². The predicted octanol–water partition coefficient (Wildman–Crippen LogP) is 3.64. The highest BCUT2D eigenvalue weighted by molar-refractivity contribution is 9.10. The zero-order valence-corrected chi connectivity index (χ0v) is 8.49. The summed E-state index contributed by atoms with van der Waals surface area (Å²) in [5.41, 5.74) is 0.996. The summed E-state index contributed by atoms with van der Waals surface area (Å²) in [6, 6.07) is 5.33. The van der Waals surface area contributed by atoms with Gasteiger partial charge in [0, 0.05) is 4.47 Å². The average Bonchev–Trinajstić information content (AvgIpc) is 2.68. The molecule has 2 rings (SSSR count). The van der Waals surface area contributed by atoms with Crippen molar-refractivity contribution in [3.63, 3.8) is 0 Å². The van der Waals surface area contributed by atoms with E-state index in [1.807, 2.05) is 12.1 Å². The molecule has 12 heavy (non-hydrogen) atoms. The quantitative estimate of drug-likeness (QED) is 0.689. The molecule has 0 bridgehead atoms. The highest BCUT2D eigenvalue weighted by Crippen LogP contribution is 2.48. The summed E-state index contributed by atoms with van der Waals surface area (Å²) in [5, 5.41) is 0. The number of hydrogen-bond donors (Lipinski definition) is 0. The Morgan fingerprint density at radius 2 is 2.08 bits per heavy atom. The first kappa shape index (κ1) is 8.24. The monoisotopic (exact) mass is 228 g/mol. The molecule has 0 aromatic heterocycles. The van der Waals surface area contributed by atoms with Crippen molar-refractivity contribution < 1.29 is 4.39 Å². The maximum Gasteiger partial charge on any atom is 0.128 e. The van der Waals surface area contributed by atoms with Crippen LogP contribution < -0.4 is 0 Å². The van der Waals surface area contributed by atoms with Gasteiger partial charge in [-0.3, -0.25) is 0 Å². The number of hydrogen-bond acceptors (Lipinski definition) is 0. The Bertz CT molecular complexity index is 316. The molecule has 1 fully saturated rings. The van der Waals surface area contributed by atoms with Crippen LogP contribution in [0, 0.1) is 5.82 Å². The Morgan fingerprint density at radius 3 is 2.58 bits per heavy atom. The van der Waals surface area contributed by atoms with Gasteiger partial charge in [-0.05, 0) is 36.0 Å². The maximum atomic E-state index is 13.4. The van der Waals surface area contributed by atoms with Gasteiger partial charge in [0.25, 0.3) is 0 Å². The zero-order chi connectivity index (χ0) is 8.77. The highest BCUT2D eigenvalue weighted by Gasteiger charge is 2.40. The van der Waals surface area contributed by atoms with Crippen LogP contribution in [0.4, 0.5) is 4.39 Å². The molecular weight excluding hydrogens is 219 g/mol. The minimum Gasteiger partial charge on any atom is -0.207 e. The summed E-state index contributed by atoms with van der Waals surface area (Å²) < 4.78 is 14.2. The van der Waals surface area contributed by atoms with Crippen LogP contribution in [-0.2, 0) is 5.41 Å². The summed E-state index contributed by atoms with van der Waals surface area (Å²) in [7, 11) is 0. The third-order valence-electron chi connectivity index (χ3n) is 2.58. The van der Waals surface area contributed by atoms with Crippen LogP contribution >= 0.6 is 15.9 Å². The van der Waals surface area contributed by atoms with E-state index < -0.39 is 0 Å². The molecule has 1 aliphatic rings. The highest BCUT2D eigenvalue weighted by atomic mass is 79.9. The van der Waals surface area contributed by atoms with Gasteiger partial charge >= 0.3 is 0 Å². The van der Waals surface area contributed by atoms with E-state index >= 15 is 0 Å². The van der Waals surface area contributed by atoms with Crippen LogP contribution in [0.3, 0.4) is 0 Å². The van der Waals surface area contributed by atoms with Crippen LogP contribution in [0.15, 0.2) is 22.7 Å². The minimum atomic E-state index is -0.0793. The molecule has 1 aromatic carbocycles. The Labute approximate surface area is 79.9 Å². The summed E-state index contributed by atoms with van der Waals surface area (Å²) in [6.45, 7) is 2.11. The molecule has 0 saturated heterocycles. The molecule has 0 nitrogen and oxygen atoms in total. The average molecular weight is 229 g/mol. The molecule has 0 N–H and O–H groups in total. The van der Waals surface area contributed by atoms with Gasteiger partial charge in [-0.1, -0.05) is 28.9 Å². The molecule has 0 amide bonds. The molecule has 1 aromatic rings. The molecule has 0 radical (unpaired) electrons. The Morgan fingerprint density at radius 1 is 1.42 bits per heavy atom. The topological polar surface area (TPSA) is 0 Å². The largest absolute Gasteiger partial charge is 0.207 e. The summed E-state index contributed by atoms with van der Waals surface area (Å²) >= 11 is 3.24.